The second-order valence-electron chi connectivity index (χ2n) is 20.0. The van der Waals surface area contributed by atoms with E-state index in [2.05, 4.69) is 191 Å². The summed E-state index contributed by atoms with van der Waals surface area (Å²) >= 11 is 0. The number of fused-ring (bicyclic) bond motifs is 22. The Labute approximate surface area is 377 Å². The first-order valence-corrected chi connectivity index (χ1v) is 23.4. The molecule has 6 aliphatic carbocycles. The lowest BCUT2D eigenvalue weighted by Gasteiger charge is -2.64. The third kappa shape index (κ3) is 3.16. The molecule has 66 heavy (non-hydrogen) atoms. The molecule has 0 saturated heterocycles. The average molecular weight is 839 g/mol. The summed E-state index contributed by atoms with van der Waals surface area (Å²) in [6.45, 7) is 0. The number of hydrogen-bond acceptors (Lipinski definition) is 2. The molecule has 3 heterocycles. The predicted molar refractivity (Wildman–Crippen MR) is 261 cm³/mol. The Hall–Kier alpha value is -8.08. The fraction of sp³-hybridized carbons (Fsp3) is 0.0968. The minimum absolute atomic E-state index is 0.0734. The van der Waals surface area contributed by atoms with Crippen LogP contribution >= 0.6 is 0 Å². The number of nitrogens with zero attached hydrogens (tertiary/aromatic N) is 2. The van der Waals surface area contributed by atoms with E-state index in [4.69, 9.17) is 0 Å². The fourth-order valence-corrected chi connectivity index (χ4v) is 15.8. The van der Waals surface area contributed by atoms with Crippen LogP contribution in [0.1, 0.15) is 100 Å². The summed E-state index contributed by atoms with van der Waals surface area (Å²) in [5, 5.41) is 7.07. The second-order valence-corrected chi connectivity index (χ2v) is 20.0. The molecule has 4 heteroatoms. The van der Waals surface area contributed by atoms with E-state index in [1.807, 2.05) is 0 Å². The topological polar surface area (TPSA) is 43.5 Å². The van der Waals surface area contributed by atoms with Gasteiger partial charge in [0.15, 0.2) is 11.6 Å². The predicted octanol–water partition coefficient (Wildman–Crippen LogP) is 13.4. The highest BCUT2D eigenvalue weighted by Gasteiger charge is 2.70. The SMILES string of the molecule is O=C1c2cc3c(cc2C2c4ccccc4C24c2ccccc2C14)c1cc2c(c4ccccc4n2-c2ccccc2)c2c4cc5c(cc4n3c12)C(=O)C1c2ccccc2C12c1ccccc1C52. The summed E-state index contributed by atoms with van der Waals surface area (Å²) in [5.74, 6) is 0.139. The van der Waals surface area contributed by atoms with Gasteiger partial charge in [-0.15, -0.1) is 0 Å². The van der Waals surface area contributed by atoms with E-state index in [0.717, 1.165) is 77.4 Å². The number of para-hydroxylation sites is 2. The lowest BCUT2D eigenvalue weighted by Crippen LogP contribution is -2.61. The molecule has 6 unspecified atom stereocenters. The summed E-state index contributed by atoms with van der Waals surface area (Å²) in [7, 11) is 0. The Balaban J connectivity index is 1.01. The van der Waals surface area contributed by atoms with Gasteiger partial charge in [-0.05, 0) is 104 Å². The average Bonchev–Trinajstić information content (AvgIpc) is 3.96. The summed E-state index contributed by atoms with van der Waals surface area (Å²) in [6, 6.07) is 66.3. The summed E-state index contributed by atoms with van der Waals surface area (Å²) in [5.41, 5.74) is 20.0. The molecule has 304 valence electrons. The van der Waals surface area contributed by atoms with Crippen LogP contribution in [-0.2, 0) is 10.8 Å². The van der Waals surface area contributed by atoms with E-state index in [9.17, 15) is 0 Å². The van der Waals surface area contributed by atoms with Gasteiger partial charge in [0.2, 0.25) is 0 Å². The molecule has 2 spiro atoms. The summed E-state index contributed by atoms with van der Waals surface area (Å²) in [6.07, 6.45) is 0. The van der Waals surface area contributed by atoms with Gasteiger partial charge < -0.3 is 8.97 Å². The maximum Gasteiger partial charge on any atom is 0.171 e. The van der Waals surface area contributed by atoms with Crippen molar-refractivity contribution < 1.29 is 9.59 Å². The Morgan fingerprint density at radius 1 is 0.348 bits per heavy atom. The number of aromatic nitrogens is 2. The van der Waals surface area contributed by atoms with Crippen LogP contribution < -0.4 is 0 Å². The molecule has 12 aromatic rings. The van der Waals surface area contributed by atoms with Gasteiger partial charge in [-0.1, -0.05) is 133 Å². The maximum absolute atomic E-state index is 15.4. The van der Waals surface area contributed by atoms with Crippen LogP contribution in [-0.4, -0.2) is 20.5 Å². The van der Waals surface area contributed by atoms with Gasteiger partial charge >= 0.3 is 0 Å². The molecule has 0 amide bonds. The van der Waals surface area contributed by atoms with Gasteiger partial charge in [0.25, 0.3) is 0 Å². The van der Waals surface area contributed by atoms with Crippen LogP contribution in [0.15, 0.2) is 182 Å². The molecule has 0 N–H and O–H groups in total. The Morgan fingerprint density at radius 2 is 0.818 bits per heavy atom. The molecule has 0 saturated carbocycles. The lowest BCUT2D eigenvalue weighted by molar-refractivity contribution is 0.0839. The van der Waals surface area contributed by atoms with Gasteiger partial charge in [0.05, 0.1) is 39.4 Å². The quantitative estimate of drug-likeness (QED) is 0.165. The minimum Gasteiger partial charge on any atom is -0.309 e. The van der Waals surface area contributed by atoms with Gasteiger partial charge in [-0.25, -0.2) is 0 Å². The third-order valence-electron chi connectivity index (χ3n) is 17.9. The molecule has 18 rings (SSSR count). The van der Waals surface area contributed by atoms with E-state index < -0.39 is 0 Å². The normalized spacial score (nSPS) is 24.2. The highest BCUT2D eigenvalue weighted by Crippen LogP contribution is 2.75. The Morgan fingerprint density at radius 3 is 1.39 bits per heavy atom. The molecule has 0 radical (unpaired) electrons. The van der Waals surface area contributed by atoms with E-state index >= 15 is 9.59 Å². The minimum atomic E-state index is -0.355. The smallest absolute Gasteiger partial charge is 0.171 e. The van der Waals surface area contributed by atoms with Crippen molar-refractivity contribution in [3.63, 3.8) is 0 Å². The van der Waals surface area contributed by atoms with Crippen LogP contribution in [0.5, 0.6) is 0 Å². The fourth-order valence-electron chi connectivity index (χ4n) is 15.8. The number of rotatable bonds is 1. The third-order valence-corrected chi connectivity index (χ3v) is 17.9. The van der Waals surface area contributed by atoms with Gasteiger partial charge in [-0.3, -0.25) is 9.59 Å². The molecule has 6 aliphatic rings. The highest BCUT2D eigenvalue weighted by molar-refractivity contribution is 6.36. The van der Waals surface area contributed by atoms with Crippen LogP contribution in [0.3, 0.4) is 0 Å². The van der Waals surface area contributed by atoms with Crippen LogP contribution in [0.25, 0.3) is 65.6 Å². The first-order chi connectivity index (χ1) is 32.6. The Kier molecular flexibility index (Phi) is 5.34. The molecule has 4 nitrogen and oxygen atoms in total. The first-order valence-electron chi connectivity index (χ1n) is 23.4. The van der Waals surface area contributed by atoms with Crippen molar-refractivity contribution in [2.24, 2.45) is 0 Å². The zero-order valence-corrected chi connectivity index (χ0v) is 35.3. The van der Waals surface area contributed by atoms with Crippen molar-refractivity contribution in [3.8, 4) is 5.69 Å². The van der Waals surface area contributed by atoms with E-state index in [1.165, 1.54) is 54.9 Å². The Bertz CT molecular complexity index is 4380. The van der Waals surface area contributed by atoms with E-state index in [1.54, 1.807) is 0 Å². The van der Waals surface area contributed by atoms with E-state index in [-0.39, 0.29) is 46.1 Å². The zero-order valence-electron chi connectivity index (χ0n) is 35.3. The number of hydrogen-bond donors (Lipinski definition) is 0. The molecular formula is C62H34N2O2. The summed E-state index contributed by atoms with van der Waals surface area (Å²) < 4.78 is 4.87. The van der Waals surface area contributed by atoms with Crippen molar-refractivity contribution in [1.29, 1.82) is 0 Å². The molecule has 6 atom stereocenters. The number of carbonyl (C=O) groups is 2. The number of Topliss-reactive ketones (excluding diaryl/α,β-unsaturated/α-hetero) is 2. The largest absolute Gasteiger partial charge is 0.309 e. The number of benzene rings is 9. The van der Waals surface area contributed by atoms with E-state index in [0.29, 0.717) is 0 Å². The van der Waals surface area contributed by atoms with Crippen molar-refractivity contribution >= 4 is 71.5 Å². The second kappa shape index (κ2) is 10.5. The molecule has 3 aromatic heterocycles. The number of ketones is 2. The highest BCUT2D eigenvalue weighted by atomic mass is 16.1. The van der Waals surface area contributed by atoms with Crippen LogP contribution in [0.4, 0.5) is 0 Å². The van der Waals surface area contributed by atoms with Crippen molar-refractivity contribution in [2.45, 2.75) is 34.5 Å². The van der Waals surface area contributed by atoms with Crippen molar-refractivity contribution in [2.75, 3.05) is 0 Å². The van der Waals surface area contributed by atoms with Crippen LogP contribution in [0, 0.1) is 0 Å². The van der Waals surface area contributed by atoms with Gasteiger partial charge in [-0.2, -0.15) is 0 Å². The lowest BCUT2D eigenvalue weighted by atomic mass is 9.36. The molecule has 9 aromatic carbocycles. The number of carbonyl (C=O) groups excluding carboxylic acids is 2. The zero-order chi connectivity index (χ0) is 42.7. The van der Waals surface area contributed by atoms with Crippen molar-refractivity contribution in [1.82, 2.24) is 8.97 Å². The van der Waals surface area contributed by atoms with Gasteiger partial charge in [0.1, 0.15) is 0 Å². The summed E-state index contributed by atoms with van der Waals surface area (Å²) in [4.78, 5) is 30.8. The first kappa shape index (κ1) is 33.4. The van der Waals surface area contributed by atoms with Gasteiger partial charge in [0, 0.05) is 71.8 Å². The standard InChI is InChI=1S/C62H34N2O2/c65-59-41-29-49-37(26-38(41)54-32-16-4-9-21-44(32)61(54)46-23-11-6-18-34(46)56(59)61)40-28-51-52(36-20-8-13-25-48(36)63(51)31-14-2-1-3-15-31)53-43-27-39-42(30-50(43)64(49)58(40)53)60(66)57-35-19-7-12-24-47(35)62(57)45-22-10-5-17-33(45)55(39)62/h1-30,54-57H. The molecule has 0 fully saturated rings. The maximum atomic E-state index is 15.4. The monoisotopic (exact) mass is 838 g/mol. The van der Waals surface area contributed by atoms with Crippen LogP contribution in [0.2, 0.25) is 0 Å². The molecular weight excluding hydrogens is 805 g/mol. The van der Waals surface area contributed by atoms with Crippen molar-refractivity contribution in [3.05, 3.63) is 249 Å². The molecule has 0 bridgehead atoms. The molecule has 0 aliphatic heterocycles.